The monoisotopic (exact) mass is 525 g/mol. The van der Waals surface area contributed by atoms with Crippen LogP contribution in [-0.2, 0) is 21.4 Å². The Bertz CT molecular complexity index is 1510. The molecule has 0 saturated carbocycles. The number of hydrazone groups is 1. The number of sulfonamides is 1. The van der Waals surface area contributed by atoms with Crippen LogP contribution in [0.4, 0.5) is 4.39 Å². The standard InChI is InChI=1S/C26H21ClFN3O4S/c27-20-8-12-22(13-9-20)36(33,34)30-16-26(32)31-29-15-24-23-4-2-1-3-19(23)7-14-25(24)35-17-18-5-10-21(28)11-6-18/h1-15,30H,16-17H2,(H,31,32). The molecule has 7 nitrogen and oxygen atoms in total. The van der Waals surface area contributed by atoms with Crippen molar-refractivity contribution in [3.05, 3.63) is 107 Å². The van der Waals surface area contributed by atoms with Gasteiger partial charge >= 0.3 is 0 Å². The number of hydrogen-bond acceptors (Lipinski definition) is 5. The maximum atomic E-state index is 13.2. The van der Waals surface area contributed by atoms with Crippen molar-refractivity contribution in [3.63, 3.8) is 0 Å². The maximum Gasteiger partial charge on any atom is 0.255 e. The van der Waals surface area contributed by atoms with Crippen molar-refractivity contribution in [2.75, 3.05) is 6.54 Å². The van der Waals surface area contributed by atoms with Crippen LogP contribution in [-0.4, -0.2) is 27.1 Å². The van der Waals surface area contributed by atoms with E-state index in [4.69, 9.17) is 16.3 Å². The SMILES string of the molecule is O=C(CNS(=O)(=O)c1ccc(Cl)cc1)NN=Cc1c(OCc2ccc(F)cc2)ccc2ccccc12. The third kappa shape index (κ3) is 6.45. The van der Waals surface area contributed by atoms with E-state index in [-0.39, 0.29) is 17.3 Å². The summed E-state index contributed by atoms with van der Waals surface area (Å²) in [5.41, 5.74) is 3.73. The van der Waals surface area contributed by atoms with E-state index in [1.165, 1.54) is 42.6 Å². The summed E-state index contributed by atoms with van der Waals surface area (Å²) in [4.78, 5) is 12.2. The van der Waals surface area contributed by atoms with Crippen molar-refractivity contribution in [1.29, 1.82) is 0 Å². The molecule has 10 heteroatoms. The molecule has 184 valence electrons. The molecule has 0 unspecified atom stereocenters. The number of halogens is 2. The summed E-state index contributed by atoms with van der Waals surface area (Å²) < 4.78 is 46.0. The smallest absolute Gasteiger partial charge is 0.255 e. The predicted octanol–water partition coefficient (Wildman–Crippen LogP) is 4.64. The average molecular weight is 526 g/mol. The first-order valence-electron chi connectivity index (χ1n) is 10.8. The van der Waals surface area contributed by atoms with Gasteiger partial charge in [-0.05, 0) is 58.8 Å². The Morgan fingerprint density at radius 1 is 0.972 bits per heavy atom. The number of ether oxygens (including phenoxy) is 1. The number of benzene rings is 4. The van der Waals surface area contributed by atoms with Crippen LogP contribution >= 0.6 is 11.6 Å². The number of carbonyl (C=O) groups is 1. The number of fused-ring (bicyclic) bond motifs is 1. The summed E-state index contributed by atoms with van der Waals surface area (Å²) in [6.45, 7) is -0.302. The fraction of sp³-hybridized carbons (Fsp3) is 0.0769. The molecule has 36 heavy (non-hydrogen) atoms. The van der Waals surface area contributed by atoms with E-state index in [1.54, 1.807) is 18.2 Å². The lowest BCUT2D eigenvalue weighted by Crippen LogP contribution is -2.34. The maximum absolute atomic E-state index is 13.2. The molecule has 0 heterocycles. The number of amides is 1. The Kier molecular flexibility index (Phi) is 7.94. The molecule has 0 atom stereocenters. The van der Waals surface area contributed by atoms with Crippen LogP contribution in [0.1, 0.15) is 11.1 Å². The molecule has 0 aliphatic heterocycles. The van der Waals surface area contributed by atoms with Gasteiger partial charge in [-0.2, -0.15) is 5.10 Å². The Balaban J connectivity index is 1.45. The highest BCUT2D eigenvalue weighted by Crippen LogP contribution is 2.27. The molecule has 4 aromatic rings. The fourth-order valence-corrected chi connectivity index (χ4v) is 4.45. The number of nitrogens with zero attached hydrogens (tertiary/aromatic N) is 1. The minimum absolute atomic E-state index is 0.0121. The number of carbonyl (C=O) groups excluding carboxylic acids is 1. The van der Waals surface area contributed by atoms with Crippen LogP contribution in [0.25, 0.3) is 10.8 Å². The van der Waals surface area contributed by atoms with Gasteiger partial charge < -0.3 is 4.74 Å². The summed E-state index contributed by atoms with van der Waals surface area (Å²) in [5.74, 6) is -0.472. The molecule has 0 fully saturated rings. The molecule has 0 spiro atoms. The normalized spacial score (nSPS) is 11.6. The van der Waals surface area contributed by atoms with Crippen LogP contribution in [0.15, 0.2) is 94.9 Å². The minimum Gasteiger partial charge on any atom is -0.488 e. The summed E-state index contributed by atoms with van der Waals surface area (Å²) in [6, 6.07) is 22.8. The summed E-state index contributed by atoms with van der Waals surface area (Å²) in [5, 5.41) is 6.18. The van der Waals surface area contributed by atoms with Crippen molar-refractivity contribution >= 4 is 44.5 Å². The molecule has 0 aromatic heterocycles. The summed E-state index contributed by atoms with van der Waals surface area (Å²) >= 11 is 5.78. The summed E-state index contributed by atoms with van der Waals surface area (Å²) in [7, 11) is -3.89. The second-order valence-corrected chi connectivity index (χ2v) is 9.89. The van der Waals surface area contributed by atoms with Gasteiger partial charge in [-0.3, -0.25) is 4.79 Å². The lowest BCUT2D eigenvalue weighted by Gasteiger charge is -2.12. The van der Waals surface area contributed by atoms with E-state index < -0.39 is 22.5 Å². The van der Waals surface area contributed by atoms with Crippen LogP contribution in [0.2, 0.25) is 5.02 Å². The van der Waals surface area contributed by atoms with E-state index in [2.05, 4.69) is 15.2 Å². The topological polar surface area (TPSA) is 96.9 Å². The average Bonchev–Trinajstić information content (AvgIpc) is 2.88. The van der Waals surface area contributed by atoms with Crippen LogP contribution in [0.5, 0.6) is 5.75 Å². The van der Waals surface area contributed by atoms with E-state index in [9.17, 15) is 17.6 Å². The van der Waals surface area contributed by atoms with E-state index in [1.807, 2.05) is 30.3 Å². The highest BCUT2D eigenvalue weighted by atomic mass is 35.5. The highest BCUT2D eigenvalue weighted by Gasteiger charge is 2.15. The molecule has 2 N–H and O–H groups in total. The number of hydrogen-bond donors (Lipinski definition) is 2. The Labute approximate surface area is 212 Å². The van der Waals surface area contributed by atoms with Gasteiger partial charge in [-0.1, -0.05) is 54.1 Å². The lowest BCUT2D eigenvalue weighted by molar-refractivity contribution is -0.119. The quantitative estimate of drug-likeness (QED) is 0.246. The number of nitrogens with one attached hydrogen (secondary N) is 2. The Hall–Kier alpha value is -3.79. The van der Waals surface area contributed by atoms with E-state index in [0.717, 1.165) is 16.3 Å². The van der Waals surface area contributed by atoms with Gasteiger partial charge in [-0.25, -0.2) is 23.0 Å². The molecule has 4 rings (SSSR count). The summed E-state index contributed by atoms with van der Waals surface area (Å²) in [6.07, 6.45) is 1.44. The van der Waals surface area contributed by atoms with Gasteiger partial charge in [-0.15, -0.1) is 0 Å². The van der Waals surface area contributed by atoms with Crippen LogP contribution in [0, 0.1) is 5.82 Å². The fourth-order valence-electron chi connectivity index (χ4n) is 3.34. The lowest BCUT2D eigenvalue weighted by atomic mass is 10.0. The van der Waals surface area contributed by atoms with E-state index >= 15 is 0 Å². The van der Waals surface area contributed by atoms with Crippen molar-refractivity contribution in [3.8, 4) is 5.75 Å². The van der Waals surface area contributed by atoms with Crippen molar-refractivity contribution in [2.24, 2.45) is 5.10 Å². The molecule has 4 aromatic carbocycles. The molecule has 1 amide bonds. The molecule has 0 aliphatic rings. The molecular weight excluding hydrogens is 505 g/mol. The molecule has 0 bridgehead atoms. The Morgan fingerprint density at radius 3 is 2.44 bits per heavy atom. The second kappa shape index (κ2) is 11.3. The van der Waals surface area contributed by atoms with Gasteiger partial charge in [0.1, 0.15) is 18.2 Å². The highest BCUT2D eigenvalue weighted by molar-refractivity contribution is 7.89. The minimum atomic E-state index is -3.89. The van der Waals surface area contributed by atoms with Gasteiger partial charge in [0.15, 0.2) is 0 Å². The third-order valence-corrected chi connectivity index (χ3v) is 6.84. The van der Waals surface area contributed by atoms with Gasteiger partial charge in [0, 0.05) is 10.6 Å². The first-order valence-corrected chi connectivity index (χ1v) is 12.6. The molecule has 0 aliphatic carbocycles. The van der Waals surface area contributed by atoms with Crippen LogP contribution < -0.4 is 14.9 Å². The largest absolute Gasteiger partial charge is 0.488 e. The van der Waals surface area contributed by atoms with Crippen molar-refractivity contribution < 1.29 is 22.3 Å². The predicted molar refractivity (Wildman–Crippen MR) is 137 cm³/mol. The van der Waals surface area contributed by atoms with Crippen molar-refractivity contribution in [2.45, 2.75) is 11.5 Å². The van der Waals surface area contributed by atoms with Crippen molar-refractivity contribution in [1.82, 2.24) is 10.1 Å². The van der Waals surface area contributed by atoms with Gasteiger partial charge in [0.25, 0.3) is 5.91 Å². The number of rotatable bonds is 9. The molecule has 0 radical (unpaired) electrons. The van der Waals surface area contributed by atoms with Gasteiger partial charge in [0.05, 0.1) is 17.7 Å². The van der Waals surface area contributed by atoms with Crippen LogP contribution in [0.3, 0.4) is 0 Å². The zero-order valence-electron chi connectivity index (χ0n) is 18.8. The zero-order valence-corrected chi connectivity index (χ0v) is 20.4. The third-order valence-electron chi connectivity index (χ3n) is 5.17. The van der Waals surface area contributed by atoms with Gasteiger partial charge in [0.2, 0.25) is 10.0 Å². The first kappa shape index (κ1) is 25.3. The zero-order chi connectivity index (χ0) is 25.5. The first-order chi connectivity index (χ1) is 17.3. The Morgan fingerprint density at radius 2 is 1.69 bits per heavy atom. The molecular formula is C26H21ClFN3O4S. The van der Waals surface area contributed by atoms with E-state index in [0.29, 0.717) is 16.3 Å². The molecule has 0 saturated heterocycles. The second-order valence-electron chi connectivity index (χ2n) is 7.69.